The molecule has 32 heavy (non-hydrogen) atoms. The van der Waals surface area contributed by atoms with Crippen LogP contribution in [0.15, 0.2) is 91.0 Å². The normalized spacial score (nSPS) is 21.0. The second-order valence-corrected chi connectivity index (χ2v) is 11.5. The number of benzene rings is 3. The molecule has 2 fully saturated rings. The minimum atomic E-state index is -3.12. The van der Waals surface area contributed by atoms with Crippen LogP contribution >= 0.6 is 7.29 Å². The van der Waals surface area contributed by atoms with E-state index in [1.165, 1.54) is 12.8 Å². The number of nitrogens with one attached hydrogen (secondary N) is 2. The Morgan fingerprint density at radius 2 is 1.38 bits per heavy atom. The Morgan fingerprint density at radius 1 is 0.844 bits per heavy atom. The van der Waals surface area contributed by atoms with Gasteiger partial charge < -0.3 is 5.32 Å². The molecule has 5 rings (SSSR count). The lowest BCUT2D eigenvalue weighted by molar-refractivity contribution is -0.122. The Hall–Kier alpha value is -2.68. The van der Waals surface area contributed by atoms with E-state index in [9.17, 15) is 9.36 Å². The average molecular weight is 445 g/mol. The zero-order chi connectivity index (χ0) is 22.0. The standard InChI is InChI=1S/C27H29N2O2P/c30-27(28-19-20-16-17-20)25-18-24(25)26(21-10-4-1-5-11-21)29-32(31,22-12-6-2-7-13-22)23-14-8-3-9-15-23/h1-15,20,24-26H,16-19H2,(H,28,30)(H,29,31)/t24-,25+,26-/m0/s1. The first-order valence-corrected chi connectivity index (χ1v) is 13.2. The predicted octanol–water partition coefficient (Wildman–Crippen LogP) is 4.41. The monoisotopic (exact) mass is 444 g/mol. The van der Waals surface area contributed by atoms with Gasteiger partial charge in [0.05, 0.1) is 0 Å². The lowest BCUT2D eigenvalue weighted by atomic mass is 10.0. The topological polar surface area (TPSA) is 58.2 Å². The molecule has 0 radical (unpaired) electrons. The average Bonchev–Trinajstić information content (AvgIpc) is 3.78. The van der Waals surface area contributed by atoms with E-state index in [0.29, 0.717) is 5.92 Å². The summed E-state index contributed by atoms with van der Waals surface area (Å²) in [7, 11) is -3.12. The fourth-order valence-corrected chi connectivity index (χ4v) is 6.94. The maximum absolute atomic E-state index is 14.6. The molecular weight excluding hydrogens is 415 g/mol. The second kappa shape index (κ2) is 9.05. The first-order valence-electron chi connectivity index (χ1n) is 11.5. The molecule has 0 aliphatic heterocycles. The number of rotatable bonds is 9. The molecule has 0 saturated heterocycles. The Labute approximate surface area is 189 Å². The Balaban J connectivity index is 1.46. The molecule has 164 valence electrons. The van der Waals surface area contributed by atoms with Crippen molar-refractivity contribution in [1.29, 1.82) is 0 Å². The van der Waals surface area contributed by atoms with Crippen molar-refractivity contribution < 1.29 is 9.36 Å². The summed E-state index contributed by atoms with van der Waals surface area (Å²) in [5.41, 5.74) is 1.07. The number of hydrogen-bond acceptors (Lipinski definition) is 2. The smallest absolute Gasteiger partial charge is 0.223 e. The highest BCUT2D eigenvalue weighted by Gasteiger charge is 2.50. The Bertz CT molecular complexity index is 1060. The molecular formula is C27H29N2O2P. The first kappa shape index (κ1) is 21.2. The molecule has 2 saturated carbocycles. The lowest BCUT2D eigenvalue weighted by Gasteiger charge is -2.28. The summed E-state index contributed by atoms with van der Waals surface area (Å²) in [6.07, 6.45) is 3.26. The van der Waals surface area contributed by atoms with Crippen LogP contribution in [0.25, 0.3) is 0 Å². The summed E-state index contributed by atoms with van der Waals surface area (Å²) in [6, 6.07) is 29.2. The van der Waals surface area contributed by atoms with Crippen LogP contribution in [0.4, 0.5) is 0 Å². The molecule has 4 nitrogen and oxygen atoms in total. The fraction of sp³-hybridized carbons (Fsp3) is 0.296. The van der Waals surface area contributed by atoms with Crippen LogP contribution in [0.2, 0.25) is 0 Å². The highest BCUT2D eigenvalue weighted by Crippen LogP contribution is 2.52. The van der Waals surface area contributed by atoms with Gasteiger partial charge in [-0.25, -0.2) is 0 Å². The van der Waals surface area contributed by atoms with E-state index in [1.807, 2.05) is 78.9 Å². The second-order valence-electron chi connectivity index (χ2n) is 8.99. The van der Waals surface area contributed by atoms with Gasteiger partial charge in [0.2, 0.25) is 13.2 Å². The summed E-state index contributed by atoms with van der Waals surface area (Å²) in [6.45, 7) is 0.790. The van der Waals surface area contributed by atoms with Crippen molar-refractivity contribution in [2.24, 2.45) is 17.8 Å². The minimum Gasteiger partial charge on any atom is -0.356 e. The number of carbonyl (C=O) groups excluding carboxylic acids is 1. The molecule has 3 aromatic rings. The molecule has 0 spiro atoms. The van der Waals surface area contributed by atoms with Gasteiger partial charge >= 0.3 is 0 Å². The van der Waals surface area contributed by atoms with Gasteiger partial charge in [-0.05, 0) is 60.9 Å². The summed E-state index contributed by atoms with van der Waals surface area (Å²) < 4.78 is 14.6. The third-order valence-electron chi connectivity index (χ3n) is 6.59. The maximum Gasteiger partial charge on any atom is 0.223 e. The van der Waals surface area contributed by atoms with Crippen LogP contribution in [0.1, 0.15) is 30.9 Å². The molecule has 0 unspecified atom stereocenters. The summed E-state index contributed by atoms with van der Waals surface area (Å²) in [5, 5.41) is 8.27. The van der Waals surface area contributed by atoms with Gasteiger partial charge in [-0.15, -0.1) is 0 Å². The zero-order valence-corrected chi connectivity index (χ0v) is 19.0. The predicted molar refractivity (Wildman–Crippen MR) is 129 cm³/mol. The van der Waals surface area contributed by atoms with Crippen molar-refractivity contribution in [1.82, 2.24) is 10.4 Å². The highest BCUT2D eigenvalue weighted by molar-refractivity contribution is 7.76. The van der Waals surface area contributed by atoms with E-state index in [-0.39, 0.29) is 23.8 Å². The summed E-state index contributed by atoms with van der Waals surface area (Å²) >= 11 is 0. The maximum atomic E-state index is 14.6. The Morgan fingerprint density at radius 3 is 1.91 bits per heavy atom. The number of carbonyl (C=O) groups is 1. The molecule has 2 aliphatic carbocycles. The molecule has 2 aliphatic rings. The van der Waals surface area contributed by atoms with Crippen molar-refractivity contribution in [2.75, 3.05) is 6.54 Å². The Kier molecular flexibility index (Phi) is 5.99. The van der Waals surface area contributed by atoms with Crippen LogP contribution in [-0.2, 0) is 9.36 Å². The molecule has 3 atom stereocenters. The molecule has 0 aromatic heterocycles. The van der Waals surface area contributed by atoms with Crippen LogP contribution in [0, 0.1) is 17.8 Å². The van der Waals surface area contributed by atoms with Gasteiger partial charge in [0.25, 0.3) is 0 Å². The highest BCUT2D eigenvalue weighted by atomic mass is 31.2. The molecule has 0 heterocycles. The third-order valence-corrected chi connectivity index (χ3v) is 9.28. The van der Waals surface area contributed by atoms with E-state index < -0.39 is 7.29 Å². The van der Waals surface area contributed by atoms with Crippen molar-refractivity contribution >= 4 is 23.8 Å². The van der Waals surface area contributed by atoms with E-state index in [1.54, 1.807) is 0 Å². The van der Waals surface area contributed by atoms with Gasteiger partial charge in [-0.1, -0.05) is 66.7 Å². The quantitative estimate of drug-likeness (QED) is 0.481. The lowest BCUT2D eigenvalue weighted by Crippen LogP contribution is -2.33. The summed E-state index contributed by atoms with van der Waals surface area (Å²) in [5.74, 6) is 0.887. The van der Waals surface area contributed by atoms with Crippen LogP contribution in [0.3, 0.4) is 0 Å². The number of amides is 1. The fourth-order valence-electron chi connectivity index (χ4n) is 4.43. The van der Waals surface area contributed by atoms with E-state index in [4.69, 9.17) is 0 Å². The van der Waals surface area contributed by atoms with Crippen LogP contribution in [0.5, 0.6) is 0 Å². The minimum absolute atomic E-state index is 0.0357. The molecule has 1 amide bonds. The van der Waals surface area contributed by atoms with Crippen LogP contribution in [-0.4, -0.2) is 12.5 Å². The molecule has 2 N–H and O–H groups in total. The third kappa shape index (κ3) is 4.57. The molecule has 3 aromatic carbocycles. The summed E-state index contributed by atoms with van der Waals surface area (Å²) in [4.78, 5) is 12.8. The molecule has 5 heteroatoms. The number of hydrogen-bond donors (Lipinski definition) is 2. The van der Waals surface area contributed by atoms with Crippen molar-refractivity contribution in [3.05, 3.63) is 96.6 Å². The van der Waals surface area contributed by atoms with Crippen molar-refractivity contribution in [3.8, 4) is 0 Å². The van der Waals surface area contributed by atoms with E-state index >= 15 is 0 Å². The van der Waals surface area contributed by atoms with Gasteiger partial charge in [-0.2, -0.15) is 0 Å². The van der Waals surface area contributed by atoms with Gasteiger partial charge in [-0.3, -0.25) is 14.4 Å². The zero-order valence-electron chi connectivity index (χ0n) is 18.1. The van der Waals surface area contributed by atoms with Crippen LogP contribution < -0.4 is 21.0 Å². The van der Waals surface area contributed by atoms with Crippen molar-refractivity contribution in [3.63, 3.8) is 0 Å². The van der Waals surface area contributed by atoms with Gasteiger partial charge in [0, 0.05) is 29.1 Å². The first-order chi connectivity index (χ1) is 15.6. The molecule has 0 bridgehead atoms. The van der Waals surface area contributed by atoms with E-state index in [0.717, 1.165) is 29.1 Å². The SMILES string of the molecule is O=C(NCC1CC1)[C@@H]1C[C@@H]1[C@@H](NP(=O)(c1ccccc1)c1ccccc1)c1ccccc1. The van der Waals surface area contributed by atoms with Gasteiger partial charge in [0.15, 0.2) is 0 Å². The van der Waals surface area contributed by atoms with E-state index in [2.05, 4.69) is 22.5 Å². The van der Waals surface area contributed by atoms with Crippen molar-refractivity contribution in [2.45, 2.75) is 25.3 Å². The largest absolute Gasteiger partial charge is 0.356 e. The van der Waals surface area contributed by atoms with Gasteiger partial charge in [0.1, 0.15) is 0 Å².